The van der Waals surface area contributed by atoms with Crippen molar-refractivity contribution in [3.8, 4) is 22.8 Å². The van der Waals surface area contributed by atoms with E-state index in [0.29, 0.717) is 22.4 Å². The summed E-state index contributed by atoms with van der Waals surface area (Å²) < 4.78 is 16.0. The second kappa shape index (κ2) is 6.76. The summed E-state index contributed by atoms with van der Waals surface area (Å²) >= 11 is 0. The van der Waals surface area contributed by atoms with Gasteiger partial charge in [-0.25, -0.2) is 0 Å². The number of aldehydes is 1. The molecule has 0 aliphatic heterocycles. The van der Waals surface area contributed by atoms with Gasteiger partial charge in [-0.2, -0.15) is 0 Å². The van der Waals surface area contributed by atoms with Crippen molar-refractivity contribution >= 4 is 17.2 Å². The molecule has 0 aliphatic carbocycles. The highest BCUT2D eigenvalue weighted by Crippen LogP contribution is 2.40. The summed E-state index contributed by atoms with van der Waals surface area (Å²) in [6.07, 6.45) is 0.840. The summed E-state index contributed by atoms with van der Waals surface area (Å²) in [4.78, 5) is 15.1. The van der Waals surface area contributed by atoms with Crippen LogP contribution in [-0.2, 0) is 4.74 Å². The van der Waals surface area contributed by atoms with Crippen LogP contribution in [0.4, 0.5) is 0 Å². The fourth-order valence-electron chi connectivity index (χ4n) is 2.75. The van der Waals surface area contributed by atoms with Gasteiger partial charge in [0.25, 0.3) is 0 Å². The Morgan fingerprint density at radius 3 is 2.46 bits per heavy atom. The molecule has 124 valence electrons. The van der Waals surface area contributed by atoms with Gasteiger partial charge in [0, 0.05) is 7.11 Å². The lowest BCUT2D eigenvalue weighted by atomic mass is 10.0. The Balaban J connectivity index is 2.26. The van der Waals surface area contributed by atoms with E-state index in [4.69, 9.17) is 14.2 Å². The van der Waals surface area contributed by atoms with Crippen LogP contribution < -0.4 is 9.47 Å². The number of aromatic amines is 1. The maximum Gasteiger partial charge on any atom is 0.188 e. The number of carbonyl (C=O) groups excluding carboxylic acids is 1. The molecule has 5 nitrogen and oxygen atoms in total. The molecule has 24 heavy (non-hydrogen) atoms. The molecule has 0 unspecified atom stereocenters. The van der Waals surface area contributed by atoms with Gasteiger partial charge in [0.1, 0.15) is 0 Å². The lowest BCUT2D eigenvalue weighted by Crippen LogP contribution is -2.01. The molecule has 3 aromatic rings. The van der Waals surface area contributed by atoms with Gasteiger partial charge in [-0.15, -0.1) is 0 Å². The third-order valence-electron chi connectivity index (χ3n) is 3.92. The minimum Gasteiger partial charge on any atom is -0.493 e. The van der Waals surface area contributed by atoms with Gasteiger partial charge in [-0.3, -0.25) is 4.79 Å². The number of ether oxygens (including phenoxy) is 3. The van der Waals surface area contributed by atoms with E-state index in [-0.39, 0.29) is 6.79 Å². The molecule has 0 spiro atoms. The first-order valence-corrected chi connectivity index (χ1v) is 7.56. The second-order valence-electron chi connectivity index (χ2n) is 5.47. The zero-order valence-electron chi connectivity index (χ0n) is 13.9. The number of methoxy groups -OCH3 is 2. The molecule has 2 aromatic carbocycles. The van der Waals surface area contributed by atoms with Crippen molar-refractivity contribution in [3.05, 3.63) is 47.5 Å². The molecule has 1 N–H and O–H groups in total. The van der Waals surface area contributed by atoms with Crippen LogP contribution in [0.15, 0.2) is 36.4 Å². The monoisotopic (exact) mass is 325 g/mol. The van der Waals surface area contributed by atoms with Gasteiger partial charge in [0.15, 0.2) is 24.6 Å². The molecular weight excluding hydrogens is 306 g/mol. The van der Waals surface area contributed by atoms with E-state index >= 15 is 0 Å². The van der Waals surface area contributed by atoms with E-state index in [9.17, 15) is 4.79 Å². The summed E-state index contributed by atoms with van der Waals surface area (Å²) in [6.45, 7) is 2.09. The van der Waals surface area contributed by atoms with Crippen molar-refractivity contribution < 1.29 is 19.0 Å². The van der Waals surface area contributed by atoms with E-state index in [2.05, 4.69) is 4.98 Å². The van der Waals surface area contributed by atoms with Crippen molar-refractivity contribution in [1.29, 1.82) is 0 Å². The molecule has 0 fully saturated rings. The summed E-state index contributed by atoms with van der Waals surface area (Å²) in [5.41, 5.74) is 4.21. The largest absolute Gasteiger partial charge is 0.493 e. The number of H-pyrrole nitrogens is 1. The molecule has 5 heteroatoms. The number of benzene rings is 2. The Labute approximate surface area is 140 Å². The van der Waals surface area contributed by atoms with E-state index < -0.39 is 0 Å². The quantitative estimate of drug-likeness (QED) is 0.551. The molecule has 0 radical (unpaired) electrons. The van der Waals surface area contributed by atoms with Crippen LogP contribution in [0.5, 0.6) is 11.5 Å². The SMILES string of the molecule is COCOc1c(OC)ccc2[nH]c(-c3ccc(C)cc3)c(C=O)c12. The van der Waals surface area contributed by atoms with Crippen LogP contribution in [0.3, 0.4) is 0 Å². The maximum atomic E-state index is 11.8. The van der Waals surface area contributed by atoms with Gasteiger partial charge in [0.2, 0.25) is 0 Å². The van der Waals surface area contributed by atoms with Crippen LogP contribution >= 0.6 is 0 Å². The van der Waals surface area contributed by atoms with Crippen molar-refractivity contribution in [2.75, 3.05) is 21.0 Å². The zero-order valence-corrected chi connectivity index (χ0v) is 13.9. The number of aromatic nitrogens is 1. The second-order valence-corrected chi connectivity index (χ2v) is 5.47. The predicted octanol–water partition coefficient (Wildman–Crippen LogP) is 3.95. The van der Waals surface area contributed by atoms with E-state index in [1.54, 1.807) is 20.3 Å². The average Bonchev–Trinajstić information content (AvgIpc) is 2.99. The Morgan fingerprint density at radius 2 is 1.83 bits per heavy atom. The minimum atomic E-state index is 0.0683. The fourth-order valence-corrected chi connectivity index (χ4v) is 2.75. The topological polar surface area (TPSA) is 60.6 Å². The summed E-state index contributed by atoms with van der Waals surface area (Å²) in [5, 5.41) is 0.692. The van der Waals surface area contributed by atoms with Gasteiger partial charge in [0.05, 0.1) is 29.3 Å². The molecule has 0 bridgehead atoms. The molecule has 0 aliphatic rings. The molecule has 0 saturated carbocycles. The average molecular weight is 325 g/mol. The summed E-state index contributed by atoms with van der Waals surface area (Å²) in [6, 6.07) is 11.7. The lowest BCUT2D eigenvalue weighted by molar-refractivity contribution is 0.0503. The van der Waals surface area contributed by atoms with Gasteiger partial charge < -0.3 is 19.2 Å². The smallest absolute Gasteiger partial charge is 0.188 e. The molecule has 0 saturated heterocycles. The number of nitrogens with one attached hydrogen (secondary N) is 1. The molecule has 0 atom stereocenters. The minimum absolute atomic E-state index is 0.0683. The molecule has 1 aromatic heterocycles. The Hall–Kier alpha value is -2.79. The maximum absolute atomic E-state index is 11.8. The fraction of sp³-hybridized carbons (Fsp3) is 0.211. The molecule has 1 heterocycles. The predicted molar refractivity (Wildman–Crippen MR) is 92.9 cm³/mol. The number of carbonyl (C=O) groups is 1. The number of aryl methyl sites for hydroxylation is 1. The Morgan fingerprint density at radius 1 is 1.08 bits per heavy atom. The standard InChI is InChI=1S/C19H19NO4/c1-12-4-6-13(7-5-12)18-14(10-21)17-15(20-18)8-9-16(23-3)19(17)24-11-22-2/h4-10,20H,11H2,1-3H3. The Kier molecular flexibility index (Phi) is 4.53. The molecular formula is C19H19NO4. The number of hydrogen-bond acceptors (Lipinski definition) is 4. The third kappa shape index (κ3) is 2.74. The lowest BCUT2D eigenvalue weighted by Gasteiger charge is -2.11. The first-order chi connectivity index (χ1) is 11.7. The number of rotatable bonds is 6. The molecule has 0 amide bonds. The first kappa shape index (κ1) is 16.1. The van der Waals surface area contributed by atoms with Crippen molar-refractivity contribution in [2.24, 2.45) is 0 Å². The third-order valence-corrected chi connectivity index (χ3v) is 3.92. The summed E-state index contributed by atoms with van der Waals surface area (Å²) in [5.74, 6) is 1.05. The Bertz CT molecular complexity index is 865. The first-order valence-electron chi connectivity index (χ1n) is 7.56. The number of hydrogen-bond donors (Lipinski definition) is 1. The molecule has 3 rings (SSSR count). The van der Waals surface area contributed by atoms with Crippen LogP contribution in [-0.4, -0.2) is 32.3 Å². The van der Waals surface area contributed by atoms with Crippen molar-refractivity contribution in [2.45, 2.75) is 6.92 Å². The highest BCUT2D eigenvalue weighted by molar-refractivity contribution is 6.08. The van der Waals surface area contributed by atoms with Crippen LogP contribution in [0.1, 0.15) is 15.9 Å². The number of fused-ring (bicyclic) bond motifs is 1. The highest BCUT2D eigenvalue weighted by Gasteiger charge is 2.20. The normalized spacial score (nSPS) is 10.8. The van der Waals surface area contributed by atoms with Crippen LogP contribution in [0.2, 0.25) is 0 Å². The van der Waals surface area contributed by atoms with Gasteiger partial charge in [-0.1, -0.05) is 29.8 Å². The highest BCUT2D eigenvalue weighted by atomic mass is 16.7. The van der Waals surface area contributed by atoms with E-state index in [0.717, 1.165) is 28.6 Å². The van der Waals surface area contributed by atoms with E-state index in [1.165, 1.54) is 0 Å². The summed E-state index contributed by atoms with van der Waals surface area (Å²) in [7, 11) is 3.11. The van der Waals surface area contributed by atoms with Crippen LogP contribution in [0.25, 0.3) is 22.2 Å². The van der Waals surface area contributed by atoms with Crippen molar-refractivity contribution in [3.63, 3.8) is 0 Å². The van der Waals surface area contributed by atoms with Crippen LogP contribution in [0, 0.1) is 6.92 Å². The van der Waals surface area contributed by atoms with Gasteiger partial charge >= 0.3 is 0 Å². The zero-order chi connectivity index (χ0) is 17.1. The van der Waals surface area contributed by atoms with Gasteiger partial charge in [-0.05, 0) is 24.6 Å². The van der Waals surface area contributed by atoms with E-state index in [1.807, 2.05) is 37.3 Å². The van der Waals surface area contributed by atoms with Crippen molar-refractivity contribution in [1.82, 2.24) is 4.98 Å².